The lowest BCUT2D eigenvalue weighted by molar-refractivity contribution is 0.125. The zero-order valence-electron chi connectivity index (χ0n) is 11.1. The van der Waals surface area contributed by atoms with E-state index in [4.69, 9.17) is 11.6 Å². The van der Waals surface area contributed by atoms with Crippen molar-refractivity contribution in [3.05, 3.63) is 5.28 Å². The summed E-state index contributed by atoms with van der Waals surface area (Å²) in [6.45, 7) is 0. The first-order valence-corrected chi connectivity index (χ1v) is 6.97. The van der Waals surface area contributed by atoms with Crippen LogP contribution in [0.25, 0.3) is 0 Å². The Bertz CT molecular complexity index is 469. The molecule has 0 aromatic carbocycles. The van der Waals surface area contributed by atoms with Crippen LogP contribution in [0, 0.1) is 0 Å². The molecule has 19 heavy (non-hydrogen) atoms. The molecule has 0 aliphatic carbocycles. The van der Waals surface area contributed by atoms with E-state index in [1.54, 1.807) is 0 Å². The highest BCUT2D eigenvalue weighted by Gasteiger charge is 2.41. The lowest BCUT2D eigenvalue weighted by Crippen LogP contribution is -2.45. The minimum absolute atomic E-state index is 0.195. The van der Waals surface area contributed by atoms with E-state index in [1.807, 2.05) is 19.0 Å². The van der Waals surface area contributed by atoms with E-state index < -0.39 is 0 Å². The van der Waals surface area contributed by atoms with Crippen LogP contribution in [-0.2, 0) is 0 Å². The summed E-state index contributed by atoms with van der Waals surface area (Å²) in [7, 11) is 3.76. The van der Waals surface area contributed by atoms with Gasteiger partial charge in [0, 0.05) is 26.2 Å². The van der Waals surface area contributed by atoms with E-state index in [1.165, 1.54) is 0 Å². The minimum Gasteiger partial charge on any atom is -0.393 e. The van der Waals surface area contributed by atoms with Gasteiger partial charge in [0.05, 0.1) is 6.10 Å². The topological polar surface area (TPSA) is 65.4 Å². The number of anilines is 2. The number of aliphatic hydroxyl groups is 1. The maximum atomic E-state index is 9.84. The van der Waals surface area contributed by atoms with Crippen molar-refractivity contribution >= 4 is 23.5 Å². The Kier molecular flexibility index (Phi) is 3.22. The number of piperidine rings is 1. The van der Waals surface area contributed by atoms with E-state index in [9.17, 15) is 5.11 Å². The molecule has 0 amide bonds. The molecule has 1 aromatic heterocycles. The van der Waals surface area contributed by atoms with E-state index in [0.29, 0.717) is 24.0 Å². The van der Waals surface area contributed by atoms with Crippen LogP contribution >= 0.6 is 11.6 Å². The third kappa shape index (κ3) is 2.34. The molecule has 2 unspecified atom stereocenters. The first-order valence-electron chi connectivity index (χ1n) is 6.60. The summed E-state index contributed by atoms with van der Waals surface area (Å²) in [6.07, 6.45) is 3.55. The summed E-state index contributed by atoms with van der Waals surface area (Å²) in [5.74, 6) is 1.21. The van der Waals surface area contributed by atoms with Crippen LogP contribution in [0.4, 0.5) is 11.9 Å². The highest BCUT2D eigenvalue weighted by Crippen LogP contribution is 2.38. The summed E-state index contributed by atoms with van der Waals surface area (Å²) in [5.41, 5.74) is 0. The third-order valence-corrected chi connectivity index (χ3v) is 4.09. The highest BCUT2D eigenvalue weighted by molar-refractivity contribution is 6.28. The molecule has 1 N–H and O–H groups in total. The summed E-state index contributed by atoms with van der Waals surface area (Å²) in [5, 5.41) is 10.1. The molecule has 0 saturated carbocycles. The Morgan fingerprint density at radius 2 is 1.79 bits per heavy atom. The monoisotopic (exact) mass is 283 g/mol. The van der Waals surface area contributed by atoms with Crippen LogP contribution in [0.5, 0.6) is 0 Å². The van der Waals surface area contributed by atoms with Gasteiger partial charge >= 0.3 is 0 Å². The van der Waals surface area contributed by atoms with Gasteiger partial charge in [-0.25, -0.2) is 0 Å². The minimum atomic E-state index is -0.195. The standard InChI is InChI=1S/C12H18ClN5O/c1-17(2)11-14-10(13)15-12(16-11)18-7-3-4-8(18)6-9(19)5-7/h7-9,19H,3-6H2,1-2H3. The maximum absolute atomic E-state index is 9.84. The second-order valence-electron chi connectivity index (χ2n) is 5.52. The molecule has 104 valence electrons. The molecule has 2 aliphatic heterocycles. The lowest BCUT2D eigenvalue weighted by Gasteiger charge is -2.37. The average Bonchev–Trinajstić information content (AvgIpc) is 2.61. The molecule has 0 radical (unpaired) electrons. The second-order valence-corrected chi connectivity index (χ2v) is 5.85. The largest absolute Gasteiger partial charge is 0.393 e. The highest BCUT2D eigenvalue weighted by atomic mass is 35.5. The quantitative estimate of drug-likeness (QED) is 0.876. The first kappa shape index (κ1) is 12.9. The Morgan fingerprint density at radius 1 is 1.16 bits per heavy atom. The fourth-order valence-electron chi connectivity index (χ4n) is 3.12. The van der Waals surface area contributed by atoms with Crippen molar-refractivity contribution in [1.29, 1.82) is 0 Å². The average molecular weight is 284 g/mol. The fraction of sp³-hybridized carbons (Fsp3) is 0.750. The zero-order chi connectivity index (χ0) is 13.6. The summed E-state index contributed by atoms with van der Waals surface area (Å²) >= 11 is 5.99. The predicted molar refractivity (Wildman–Crippen MR) is 73.7 cm³/mol. The number of aliphatic hydroxyl groups excluding tert-OH is 1. The van der Waals surface area contributed by atoms with Crippen LogP contribution in [0.1, 0.15) is 25.7 Å². The molecular weight excluding hydrogens is 266 g/mol. The number of rotatable bonds is 2. The first-order chi connectivity index (χ1) is 9.04. The third-order valence-electron chi connectivity index (χ3n) is 3.92. The molecule has 3 rings (SSSR count). The van der Waals surface area contributed by atoms with Crippen LogP contribution in [0.2, 0.25) is 5.28 Å². The number of hydrogen-bond acceptors (Lipinski definition) is 6. The van der Waals surface area contributed by atoms with E-state index in [2.05, 4.69) is 19.9 Å². The summed E-state index contributed by atoms with van der Waals surface area (Å²) < 4.78 is 0. The number of hydrogen-bond donors (Lipinski definition) is 1. The molecule has 0 spiro atoms. The van der Waals surface area contributed by atoms with Gasteiger partial charge < -0.3 is 14.9 Å². The Hall–Kier alpha value is -1.14. The molecule has 2 aliphatic rings. The van der Waals surface area contributed by atoms with E-state index in [0.717, 1.165) is 25.7 Å². The number of fused-ring (bicyclic) bond motifs is 2. The van der Waals surface area contributed by atoms with Crippen molar-refractivity contribution in [3.8, 4) is 0 Å². The van der Waals surface area contributed by atoms with Crippen LogP contribution in [0.15, 0.2) is 0 Å². The summed E-state index contributed by atoms with van der Waals surface area (Å²) in [4.78, 5) is 16.9. The van der Waals surface area contributed by atoms with Gasteiger partial charge in [-0.05, 0) is 37.3 Å². The zero-order valence-corrected chi connectivity index (χ0v) is 11.9. The van der Waals surface area contributed by atoms with Crippen molar-refractivity contribution in [2.45, 2.75) is 43.9 Å². The molecule has 2 fully saturated rings. The van der Waals surface area contributed by atoms with Crippen molar-refractivity contribution in [1.82, 2.24) is 15.0 Å². The van der Waals surface area contributed by atoms with E-state index in [-0.39, 0.29) is 11.4 Å². The second kappa shape index (κ2) is 4.76. The van der Waals surface area contributed by atoms with Gasteiger partial charge in [-0.3, -0.25) is 0 Å². The van der Waals surface area contributed by atoms with Gasteiger partial charge in [-0.2, -0.15) is 15.0 Å². The smallest absolute Gasteiger partial charge is 0.231 e. The fourth-order valence-corrected chi connectivity index (χ4v) is 3.27. The van der Waals surface area contributed by atoms with Gasteiger partial charge in [0.15, 0.2) is 0 Å². The van der Waals surface area contributed by atoms with Gasteiger partial charge in [0.2, 0.25) is 17.2 Å². The van der Waals surface area contributed by atoms with Gasteiger partial charge in [-0.15, -0.1) is 0 Å². The Labute approximate surface area is 117 Å². The molecule has 2 bridgehead atoms. The van der Waals surface area contributed by atoms with Crippen molar-refractivity contribution in [2.24, 2.45) is 0 Å². The molecular formula is C12H18ClN5O. The Morgan fingerprint density at radius 3 is 2.37 bits per heavy atom. The van der Waals surface area contributed by atoms with Gasteiger partial charge in [-0.1, -0.05) is 0 Å². The molecule has 3 heterocycles. The molecule has 2 atom stereocenters. The van der Waals surface area contributed by atoms with Gasteiger partial charge in [0.1, 0.15) is 0 Å². The van der Waals surface area contributed by atoms with Crippen molar-refractivity contribution in [2.75, 3.05) is 23.9 Å². The van der Waals surface area contributed by atoms with Gasteiger partial charge in [0.25, 0.3) is 0 Å². The Balaban J connectivity index is 1.94. The molecule has 7 heteroatoms. The van der Waals surface area contributed by atoms with Crippen LogP contribution < -0.4 is 9.80 Å². The van der Waals surface area contributed by atoms with Crippen LogP contribution in [0.3, 0.4) is 0 Å². The maximum Gasteiger partial charge on any atom is 0.231 e. The van der Waals surface area contributed by atoms with Crippen LogP contribution in [-0.4, -0.2) is 52.3 Å². The van der Waals surface area contributed by atoms with E-state index >= 15 is 0 Å². The molecule has 1 aromatic rings. The number of aromatic nitrogens is 3. The molecule has 2 saturated heterocycles. The normalized spacial score (nSPS) is 29.7. The summed E-state index contributed by atoms with van der Waals surface area (Å²) in [6, 6.07) is 0.643. The lowest BCUT2D eigenvalue weighted by atomic mass is 10.0. The number of halogens is 1. The predicted octanol–water partition coefficient (Wildman–Crippen LogP) is 1.08. The molecule has 6 nitrogen and oxygen atoms in total. The SMILES string of the molecule is CN(C)c1nc(Cl)nc(N2C3CCC2CC(O)C3)n1. The number of nitrogens with zero attached hydrogens (tertiary/aromatic N) is 5. The van der Waals surface area contributed by atoms with Crippen molar-refractivity contribution < 1.29 is 5.11 Å². The van der Waals surface area contributed by atoms with Crippen molar-refractivity contribution in [3.63, 3.8) is 0 Å².